The van der Waals surface area contributed by atoms with Crippen LogP contribution < -0.4 is 9.80 Å². The highest BCUT2D eigenvalue weighted by Crippen LogP contribution is 2.68. The average molecular weight is 646 g/mol. The molecule has 0 aliphatic heterocycles. The minimum atomic E-state index is 0.410. The van der Waals surface area contributed by atoms with Crippen molar-refractivity contribution in [3.8, 4) is 0 Å². The Balaban J connectivity index is 0.977. The molecular formula is C45H63N3. The third kappa shape index (κ3) is 3.87. The molecule has 16 saturated carbocycles. The lowest BCUT2D eigenvalue weighted by molar-refractivity contribution is -0.0565. The van der Waals surface area contributed by atoms with Crippen LogP contribution in [0, 0.1) is 71.0 Å². The summed E-state index contributed by atoms with van der Waals surface area (Å²) in [5.41, 5.74) is 4.85. The van der Waals surface area contributed by atoms with E-state index in [1.54, 1.807) is 88.4 Å². The molecule has 0 amide bonds. The first-order chi connectivity index (χ1) is 23.4. The van der Waals surface area contributed by atoms with Crippen molar-refractivity contribution < 1.29 is 0 Å². The molecule has 0 aromatic carbocycles. The molecule has 16 aliphatic rings. The first-order valence-corrected chi connectivity index (χ1v) is 22.0. The molecule has 0 unspecified atom stereocenters. The predicted molar refractivity (Wildman–Crippen MR) is 193 cm³/mol. The monoisotopic (exact) mass is 646 g/mol. The van der Waals surface area contributed by atoms with Crippen LogP contribution >= 0.6 is 0 Å². The average Bonchev–Trinajstić information content (AvgIpc) is 2.98. The van der Waals surface area contributed by atoms with Gasteiger partial charge in [-0.1, -0.05) is 0 Å². The summed E-state index contributed by atoms with van der Waals surface area (Å²) in [6.07, 6.45) is 41.5. The van der Waals surface area contributed by atoms with E-state index in [1.165, 1.54) is 77.0 Å². The molecule has 0 spiro atoms. The standard InChI is InChI=1S/C45H63N3/c1-28-2-30-3-29(1)15-42(14-28,16-30)47(43-17-31-4-32(18-43)6-33(5-31)19-43)40-13-41(27-46-26-40)48(44-20-34-7-35(21-44)9-36(8-34)22-44)45-23-37-10-38(24-45)12-39(11-37)25-45/h13,26-39H,1-12,14-25H2. The molecular weight excluding hydrogens is 583 g/mol. The minimum absolute atomic E-state index is 0.410. The van der Waals surface area contributed by atoms with Gasteiger partial charge < -0.3 is 9.80 Å². The highest BCUT2D eigenvalue weighted by atomic mass is 15.3. The van der Waals surface area contributed by atoms with Gasteiger partial charge in [0.1, 0.15) is 0 Å². The van der Waals surface area contributed by atoms with E-state index in [4.69, 9.17) is 4.98 Å². The van der Waals surface area contributed by atoms with Crippen LogP contribution in [0.2, 0.25) is 0 Å². The van der Waals surface area contributed by atoms with E-state index in [-0.39, 0.29) is 0 Å². The van der Waals surface area contributed by atoms with Crippen LogP contribution in [-0.2, 0) is 0 Å². The van der Waals surface area contributed by atoms with E-state index in [9.17, 15) is 0 Å². The van der Waals surface area contributed by atoms with Crippen LogP contribution in [0.3, 0.4) is 0 Å². The molecule has 1 heterocycles. The second-order valence-corrected chi connectivity index (χ2v) is 22.6. The number of rotatable bonds is 6. The summed E-state index contributed by atoms with van der Waals surface area (Å²) in [6, 6.07) is 2.88. The third-order valence-corrected chi connectivity index (χ3v) is 19.1. The van der Waals surface area contributed by atoms with Gasteiger partial charge in [0.15, 0.2) is 0 Å². The second kappa shape index (κ2) is 9.40. The zero-order chi connectivity index (χ0) is 31.0. The Bertz CT molecular complexity index is 1170. The number of anilines is 2. The summed E-state index contributed by atoms with van der Waals surface area (Å²) in [4.78, 5) is 12.1. The number of aromatic nitrogens is 1. The first-order valence-electron chi connectivity index (χ1n) is 22.0. The van der Waals surface area contributed by atoms with Crippen LogP contribution in [-0.4, -0.2) is 27.1 Å². The van der Waals surface area contributed by atoms with Crippen molar-refractivity contribution in [3.05, 3.63) is 18.5 Å². The van der Waals surface area contributed by atoms with Gasteiger partial charge in [0.25, 0.3) is 0 Å². The molecule has 0 atom stereocenters. The fourth-order valence-corrected chi connectivity index (χ4v) is 20.1. The number of hydrogen-bond donors (Lipinski definition) is 0. The number of pyridine rings is 1. The van der Waals surface area contributed by atoms with Gasteiger partial charge >= 0.3 is 0 Å². The number of nitrogens with zero attached hydrogens (tertiary/aromatic N) is 3. The maximum Gasteiger partial charge on any atom is 0.0582 e. The summed E-state index contributed by atoms with van der Waals surface area (Å²) >= 11 is 0. The highest BCUT2D eigenvalue weighted by molar-refractivity contribution is 5.64. The van der Waals surface area contributed by atoms with Gasteiger partial charge in [-0.25, -0.2) is 0 Å². The van der Waals surface area contributed by atoms with E-state index in [1.807, 2.05) is 0 Å². The maximum absolute atomic E-state index is 5.45. The predicted octanol–water partition coefficient (Wildman–Crippen LogP) is 10.6. The SMILES string of the molecule is c1ncc(N(C23CC4CC(CC(C4)C2)C3)C23CC4CC(CC(C4)C2)C3)cc1N(C12CC3CC(CC(C3)C1)C2)C12CC3CC(CC(C3)C1)C2. The van der Waals surface area contributed by atoms with Crippen LogP contribution in [0.15, 0.2) is 18.5 Å². The Morgan fingerprint density at radius 1 is 0.333 bits per heavy atom. The molecule has 1 aromatic heterocycles. The summed E-state index contributed by atoms with van der Waals surface area (Å²) in [5.74, 6) is 12.0. The van der Waals surface area contributed by atoms with Crippen LogP contribution in [0.25, 0.3) is 0 Å². The molecule has 0 saturated heterocycles. The van der Waals surface area contributed by atoms with Crippen molar-refractivity contribution in [2.24, 2.45) is 71.0 Å². The molecule has 3 heteroatoms. The Morgan fingerprint density at radius 2 is 0.521 bits per heavy atom. The van der Waals surface area contributed by atoms with Crippen molar-refractivity contribution in [2.75, 3.05) is 9.80 Å². The largest absolute Gasteiger partial charge is 0.359 e. The van der Waals surface area contributed by atoms with Gasteiger partial charge in [0, 0.05) is 22.2 Å². The van der Waals surface area contributed by atoms with Gasteiger partial charge in [-0.15, -0.1) is 0 Å². The van der Waals surface area contributed by atoms with E-state index in [0.29, 0.717) is 22.2 Å². The van der Waals surface area contributed by atoms with Gasteiger partial charge in [0.05, 0.1) is 23.8 Å². The highest BCUT2D eigenvalue weighted by Gasteiger charge is 2.64. The van der Waals surface area contributed by atoms with Crippen LogP contribution in [0.1, 0.15) is 154 Å². The lowest BCUT2D eigenvalue weighted by atomic mass is 9.48. The molecule has 16 bridgehead atoms. The van der Waals surface area contributed by atoms with E-state index >= 15 is 0 Å². The van der Waals surface area contributed by atoms with Gasteiger partial charge in [-0.3, -0.25) is 4.98 Å². The Kier molecular flexibility index (Phi) is 5.55. The lowest BCUT2D eigenvalue weighted by Crippen LogP contribution is -2.71. The van der Waals surface area contributed by atoms with Crippen LogP contribution in [0.5, 0.6) is 0 Å². The fourth-order valence-electron chi connectivity index (χ4n) is 20.1. The molecule has 0 N–H and O–H groups in total. The van der Waals surface area contributed by atoms with Crippen molar-refractivity contribution in [1.29, 1.82) is 0 Å². The summed E-state index contributed by atoms with van der Waals surface area (Å²) in [7, 11) is 0. The normalized spacial score (nSPS) is 57.2. The fraction of sp³-hybridized carbons (Fsp3) is 0.889. The van der Waals surface area contributed by atoms with Gasteiger partial charge in [-0.2, -0.15) is 0 Å². The molecule has 258 valence electrons. The van der Waals surface area contributed by atoms with E-state index < -0.39 is 0 Å². The lowest BCUT2D eigenvalue weighted by Gasteiger charge is -2.70. The van der Waals surface area contributed by atoms with E-state index in [2.05, 4.69) is 28.3 Å². The topological polar surface area (TPSA) is 19.4 Å². The zero-order valence-electron chi connectivity index (χ0n) is 30.0. The maximum atomic E-state index is 5.45. The molecule has 16 fully saturated rings. The van der Waals surface area contributed by atoms with Crippen molar-refractivity contribution in [3.63, 3.8) is 0 Å². The molecule has 16 aliphatic carbocycles. The van der Waals surface area contributed by atoms with Crippen molar-refractivity contribution in [2.45, 2.75) is 176 Å². The summed E-state index contributed by atoms with van der Waals surface area (Å²) in [6.45, 7) is 0. The zero-order valence-corrected chi connectivity index (χ0v) is 30.0. The Morgan fingerprint density at radius 3 is 0.708 bits per heavy atom. The minimum Gasteiger partial charge on any atom is -0.359 e. The number of hydrogen-bond acceptors (Lipinski definition) is 3. The third-order valence-electron chi connectivity index (χ3n) is 19.1. The molecule has 0 radical (unpaired) electrons. The Labute approximate surface area is 291 Å². The van der Waals surface area contributed by atoms with Crippen molar-refractivity contribution >= 4 is 11.4 Å². The van der Waals surface area contributed by atoms with Gasteiger partial charge in [-0.05, 0) is 231 Å². The van der Waals surface area contributed by atoms with Crippen molar-refractivity contribution in [1.82, 2.24) is 4.98 Å². The summed E-state index contributed by atoms with van der Waals surface area (Å²) in [5, 5.41) is 0. The molecule has 48 heavy (non-hydrogen) atoms. The van der Waals surface area contributed by atoms with Gasteiger partial charge in [0.2, 0.25) is 0 Å². The first kappa shape index (κ1) is 28.3. The molecule has 3 nitrogen and oxygen atoms in total. The second-order valence-electron chi connectivity index (χ2n) is 22.6. The van der Waals surface area contributed by atoms with E-state index in [0.717, 1.165) is 71.0 Å². The Hall–Kier alpha value is -1.25. The van der Waals surface area contributed by atoms with Crippen LogP contribution in [0.4, 0.5) is 11.4 Å². The molecule has 17 rings (SSSR count). The quantitative estimate of drug-likeness (QED) is 0.307. The smallest absolute Gasteiger partial charge is 0.0582 e. The molecule has 1 aromatic rings. The summed E-state index contributed by atoms with van der Waals surface area (Å²) < 4.78 is 0.